The van der Waals surface area contributed by atoms with Crippen LogP contribution in [0.5, 0.6) is 0 Å². The van der Waals surface area contributed by atoms with Crippen LogP contribution in [0.2, 0.25) is 0 Å². The number of hydrogen-bond donors (Lipinski definition) is 2. The Morgan fingerprint density at radius 3 is 2.63 bits per heavy atom. The summed E-state index contributed by atoms with van der Waals surface area (Å²) in [6.07, 6.45) is 4.52. The van der Waals surface area contributed by atoms with Crippen LogP contribution in [0.15, 0.2) is 76.7 Å². The number of nitrogens with two attached hydrogens (primary N) is 1. The molecule has 1 aromatic carbocycles. The molecule has 0 aliphatic rings. The van der Waals surface area contributed by atoms with Gasteiger partial charge < -0.3 is 15.3 Å². The van der Waals surface area contributed by atoms with Gasteiger partial charge in [0.2, 0.25) is 5.43 Å². The van der Waals surface area contributed by atoms with Gasteiger partial charge in [0.15, 0.2) is 5.43 Å². The summed E-state index contributed by atoms with van der Waals surface area (Å²) in [5.74, 6) is -0.420. The van der Waals surface area contributed by atoms with Gasteiger partial charge in [-0.1, -0.05) is 12.1 Å². The smallest absolute Gasteiger partial charge is 0.254 e. The van der Waals surface area contributed by atoms with E-state index in [4.69, 9.17) is 5.73 Å². The maximum atomic E-state index is 12.7. The van der Waals surface area contributed by atoms with E-state index < -0.39 is 11.3 Å². The molecule has 0 bridgehead atoms. The van der Waals surface area contributed by atoms with Crippen molar-refractivity contribution in [2.24, 2.45) is 5.73 Å². The lowest BCUT2D eigenvalue weighted by atomic mass is 10.1. The second kappa shape index (κ2) is 6.38. The number of carbonyl (C=O) groups excluding carboxylic acids is 1. The van der Waals surface area contributed by atoms with Gasteiger partial charge in [0.05, 0.1) is 11.2 Å². The zero-order valence-corrected chi connectivity index (χ0v) is 14.0. The van der Waals surface area contributed by atoms with Gasteiger partial charge in [0.25, 0.3) is 5.91 Å². The Hall–Kier alpha value is -4.00. The molecule has 0 aliphatic carbocycles. The van der Waals surface area contributed by atoms with Gasteiger partial charge in [-0.2, -0.15) is 0 Å². The number of fused-ring (bicyclic) bond motifs is 1. The highest BCUT2D eigenvalue weighted by molar-refractivity contribution is 5.97. The van der Waals surface area contributed by atoms with Crippen LogP contribution in [0.1, 0.15) is 10.4 Å². The topological polar surface area (TPSA) is 111 Å². The van der Waals surface area contributed by atoms with Crippen LogP contribution in [0.3, 0.4) is 0 Å². The largest absolute Gasteiger partial charge is 0.365 e. The number of nitrogens with one attached hydrogen (secondary N) is 1. The Kier molecular flexibility index (Phi) is 3.89. The van der Waals surface area contributed by atoms with E-state index >= 15 is 0 Å². The molecule has 3 N–H and O–H groups in total. The number of H-pyrrole nitrogens is 1. The Labute approximate surface area is 152 Å². The van der Waals surface area contributed by atoms with E-state index in [0.717, 1.165) is 11.3 Å². The number of amides is 1. The Balaban J connectivity index is 2.09. The second-order valence-corrected chi connectivity index (χ2v) is 5.96. The molecule has 0 aliphatic heterocycles. The third-order valence-corrected chi connectivity index (χ3v) is 4.25. The Morgan fingerprint density at radius 2 is 1.93 bits per heavy atom. The normalized spacial score (nSPS) is 10.8. The van der Waals surface area contributed by atoms with E-state index in [0.29, 0.717) is 16.7 Å². The monoisotopic (exact) mass is 358 g/mol. The van der Waals surface area contributed by atoms with Crippen LogP contribution in [-0.4, -0.2) is 20.4 Å². The first-order valence-corrected chi connectivity index (χ1v) is 8.14. The molecule has 132 valence electrons. The van der Waals surface area contributed by atoms with Gasteiger partial charge in [-0.15, -0.1) is 0 Å². The van der Waals surface area contributed by atoms with Crippen LogP contribution in [0.25, 0.3) is 28.0 Å². The maximum absolute atomic E-state index is 12.7. The molecule has 0 saturated carbocycles. The number of aromatic amines is 1. The third-order valence-electron chi connectivity index (χ3n) is 4.25. The minimum absolute atomic E-state index is 0.155. The zero-order chi connectivity index (χ0) is 19.0. The second-order valence-electron chi connectivity index (χ2n) is 5.96. The lowest BCUT2D eigenvalue weighted by molar-refractivity contribution is 0.0999. The molecule has 4 rings (SSSR count). The van der Waals surface area contributed by atoms with Crippen molar-refractivity contribution in [2.45, 2.75) is 0 Å². The van der Waals surface area contributed by atoms with E-state index in [-0.39, 0.29) is 11.0 Å². The summed E-state index contributed by atoms with van der Waals surface area (Å²) in [6, 6.07) is 13.5. The van der Waals surface area contributed by atoms with Crippen molar-refractivity contribution in [1.82, 2.24) is 14.5 Å². The molecule has 7 heteroatoms. The van der Waals surface area contributed by atoms with Gasteiger partial charge in [0, 0.05) is 41.7 Å². The predicted molar refractivity (Wildman–Crippen MR) is 102 cm³/mol. The fourth-order valence-corrected chi connectivity index (χ4v) is 2.97. The van der Waals surface area contributed by atoms with Gasteiger partial charge in [0.1, 0.15) is 11.4 Å². The van der Waals surface area contributed by atoms with Crippen molar-refractivity contribution < 1.29 is 4.79 Å². The van der Waals surface area contributed by atoms with Crippen molar-refractivity contribution in [1.29, 1.82) is 0 Å². The standard InChI is InChI=1S/C20H14N4O3/c21-20(27)15-11-24(18-10-13(25)6-8-23-18)17-9-12(4-5-14(17)19(15)26)16-3-1-2-7-22-16/h1-11H,(H2,21,27)(H,23,25). The molecule has 0 atom stereocenters. The molecule has 0 unspecified atom stereocenters. The average molecular weight is 358 g/mol. The molecule has 27 heavy (non-hydrogen) atoms. The van der Waals surface area contributed by atoms with Crippen molar-refractivity contribution >= 4 is 16.8 Å². The number of primary amides is 1. The quantitative estimate of drug-likeness (QED) is 0.582. The molecule has 7 nitrogen and oxygen atoms in total. The summed E-state index contributed by atoms with van der Waals surface area (Å²) >= 11 is 0. The van der Waals surface area contributed by atoms with Gasteiger partial charge in [-0.25, -0.2) is 0 Å². The minimum Gasteiger partial charge on any atom is -0.365 e. The first kappa shape index (κ1) is 16.5. The summed E-state index contributed by atoms with van der Waals surface area (Å²) in [4.78, 5) is 43.5. The fourth-order valence-electron chi connectivity index (χ4n) is 2.97. The summed E-state index contributed by atoms with van der Waals surface area (Å²) in [6.45, 7) is 0. The highest BCUT2D eigenvalue weighted by atomic mass is 16.2. The predicted octanol–water partition coefficient (Wildman–Crippen LogP) is 1.84. The SMILES string of the molecule is NC(=O)c1cn(-c2cc(=O)cc[nH]2)c2cc(-c3ccccn3)ccc2c1=O. The first-order valence-electron chi connectivity index (χ1n) is 8.14. The van der Waals surface area contributed by atoms with Gasteiger partial charge in [-0.3, -0.25) is 19.4 Å². The number of nitrogens with zero attached hydrogens (tertiary/aromatic N) is 2. The molecule has 3 heterocycles. The van der Waals surface area contributed by atoms with Crippen molar-refractivity contribution in [3.05, 3.63) is 93.1 Å². The van der Waals surface area contributed by atoms with Crippen molar-refractivity contribution in [3.8, 4) is 17.1 Å². The first-order chi connectivity index (χ1) is 13.0. The Morgan fingerprint density at radius 1 is 1.07 bits per heavy atom. The summed E-state index contributed by atoms with van der Waals surface area (Å²) in [5.41, 5.74) is 6.60. The molecule has 0 saturated heterocycles. The van der Waals surface area contributed by atoms with E-state index in [1.165, 1.54) is 24.5 Å². The summed E-state index contributed by atoms with van der Waals surface area (Å²) in [7, 11) is 0. The summed E-state index contributed by atoms with van der Waals surface area (Å²) < 4.78 is 1.57. The zero-order valence-electron chi connectivity index (χ0n) is 14.0. The molecule has 3 aromatic heterocycles. The van der Waals surface area contributed by atoms with Crippen LogP contribution in [-0.2, 0) is 0 Å². The minimum atomic E-state index is -0.831. The van der Waals surface area contributed by atoms with E-state index in [1.807, 2.05) is 18.2 Å². The lowest BCUT2D eigenvalue weighted by Crippen LogP contribution is -2.24. The molecular formula is C20H14N4O3. The van der Waals surface area contributed by atoms with E-state index in [9.17, 15) is 14.4 Å². The van der Waals surface area contributed by atoms with Crippen LogP contribution in [0, 0.1) is 0 Å². The lowest BCUT2D eigenvalue weighted by Gasteiger charge is -2.13. The van der Waals surface area contributed by atoms with E-state index in [2.05, 4.69) is 9.97 Å². The Bertz CT molecular complexity index is 1290. The molecular weight excluding hydrogens is 344 g/mol. The molecule has 1 amide bonds. The molecule has 0 fully saturated rings. The number of pyridine rings is 3. The van der Waals surface area contributed by atoms with Crippen molar-refractivity contribution in [2.75, 3.05) is 0 Å². The number of aromatic nitrogens is 3. The third kappa shape index (κ3) is 2.91. The highest BCUT2D eigenvalue weighted by Crippen LogP contribution is 2.23. The van der Waals surface area contributed by atoms with Crippen LogP contribution < -0.4 is 16.6 Å². The number of hydrogen-bond acceptors (Lipinski definition) is 4. The summed E-state index contributed by atoms with van der Waals surface area (Å²) in [5, 5.41) is 0.315. The fraction of sp³-hybridized carbons (Fsp3) is 0. The number of benzene rings is 1. The average Bonchev–Trinajstić information content (AvgIpc) is 2.68. The van der Waals surface area contributed by atoms with Crippen molar-refractivity contribution in [3.63, 3.8) is 0 Å². The maximum Gasteiger partial charge on any atom is 0.254 e. The number of rotatable bonds is 3. The molecule has 4 aromatic rings. The highest BCUT2D eigenvalue weighted by Gasteiger charge is 2.15. The van der Waals surface area contributed by atoms with Gasteiger partial charge >= 0.3 is 0 Å². The van der Waals surface area contributed by atoms with Gasteiger partial charge in [-0.05, 0) is 24.3 Å². The number of carbonyl (C=O) groups is 1. The van der Waals surface area contributed by atoms with Crippen LogP contribution in [0.4, 0.5) is 0 Å². The van der Waals surface area contributed by atoms with Crippen LogP contribution >= 0.6 is 0 Å². The molecule has 0 spiro atoms. The van der Waals surface area contributed by atoms with E-state index in [1.54, 1.807) is 29.0 Å². The molecule has 0 radical (unpaired) electrons.